The number of nitrogens with zero attached hydrogens (tertiary/aromatic N) is 1. The summed E-state index contributed by atoms with van der Waals surface area (Å²) in [6.45, 7) is 11.8. The van der Waals surface area contributed by atoms with Crippen LogP contribution in [0.15, 0.2) is 0 Å². The molecule has 16 heavy (non-hydrogen) atoms. The zero-order valence-corrected chi connectivity index (χ0v) is 11.7. The summed E-state index contributed by atoms with van der Waals surface area (Å²) >= 11 is 0. The van der Waals surface area contributed by atoms with Crippen molar-refractivity contribution in [3.05, 3.63) is 0 Å². The van der Waals surface area contributed by atoms with Crippen LogP contribution in [-0.4, -0.2) is 0 Å². The molecule has 1 nitrogen and oxygen atoms in total. The van der Waals surface area contributed by atoms with E-state index in [1.165, 1.54) is 32.1 Å². The van der Waals surface area contributed by atoms with Gasteiger partial charge in [-0.05, 0) is 41.9 Å². The van der Waals surface area contributed by atoms with Crippen molar-refractivity contribution < 1.29 is 0 Å². The van der Waals surface area contributed by atoms with E-state index in [2.05, 4.69) is 40.7 Å². The molecule has 1 unspecified atom stereocenters. The fourth-order valence-electron chi connectivity index (χ4n) is 4.03. The minimum Gasteiger partial charge on any atom is -0.198 e. The molecule has 1 saturated carbocycles. The Morgan fingerprint density at radius 3 is 2.12 bits per heavy atom. The highest BCUT2D eigenvalue weighted by Gasteiger charge is 2.38. The minimum absolute atomic E-state index is 0.245. The molecule has 1 fully saturated rings. The van der Waals surface area contributed by atoms with Gasteiger partial charge in [0.15, 0.2) is 0 Å². The van der Waals surface area contributed by atoms with Gasteiger partial charge in [-0.15, -0.1) is 0 Å². The maximum absolute atomic E-state index is 8.97. The Bertz CT molecular complexity index is 282. The molecule has 0 spiro atoms. The Hall–Kier alpha value is -0.510. The van der Waals surface area contributed by atoms with Crippen LogP contribution in [0.25, 0.3) is 0 Å². The van der Waals surface area contributed by atoms with Gasteiger partial charge in [-0.2, -0.15) is 5.26 Å². The molecule has 1 aliphatic rings. The number of hydrogen-bond acceptors (Lipinski definition) is 1. The molecule has 0 heterocycles. The lowest BCUT2D eigenvalue weighted by molar-refractivity contribution is 0.0753. The molecule has 0 N–H and O–H groups in total. The third-order valence-electron chi connectivity index (χ3n) is 4.00. The lowest BCUT2D eigenvalue weighted by Crippen LogP contribution is -2.33. The van der Waals surface area contributed by atoms with Crippen molar-refractivity contribution in [3.8, 4) is 6.07 Å². The smallest absolute Gasteiger partial charge is 0.0627 e. The molecule has 1 heteroatoms. The minimum atomic E-state index is 0.245. The Kier molecular flexibility index (Phi) is 3.72. The van der Waals surface area contributed by atoms with E-state index in [1.807, 2.05) is 0 Å². The molecule has 0 saturated heterocycles. The van der Waals surface area contributed by atoms with Crippen LogP contribution < -0.4 is 0 Å². The molecule has 0 aromatic rings. The summed E-state index contributed by atoms with van der Waals surface area (Å²) in [6, 6.07) is 2.38. The van der Waals surface area contributed by atoms with Crippen molar-refractivity contribution in [3.63, 3.8) is 0 Å². The van der Waals surface area contributed by atoms with Crippen molar-refractivity contribution in [1.82, 2.24) is 0 Å². The van der Waals surface area contributed by atoms with Gasteiger partial charge in [0.05, 0.1) is 6.07 Å². The second kappa shape index (κ2) is 4.40. The molecule has 0 aliphatic heterocycles. The van der Waals surface area contributed by atoms with Gasteiger partial charge >= 0.3 is 0 Å². The van der Waals surface area contributed by atoms with Crippen LogP contribution in [0, 0.1) is 27.6 Å². The van der Waals surface area contributed by atoms with Crippen LogP contribution >= 0.6 is 0 Å². The summed E-state index contributed by atoms with van der Waals surface area (Å²) in [6.07, 6.45) is 6.99. The van der Waals surface area contributed by atoms with Gasteiger partial charge in [0.2, 0.25) is 0 Å². The second-order valence-corrected chi connectivity index (χ2v) is 7.68. The van der Waals surface area contributed by atoms with Gasteiger partial charge in [-0.1, -0.05) is 41.0 Å². The van der Waals surface area contributed by atoms with E-state index in [0.717, 1.165) is 6.42 Å². The van der Waals surface area contributed by atoms with Gasteiger partial charge in [0.25, 0.3) is 0 Å². The van der Waals surface area contributed by atoms with E-state index >= 15 is 0 Å². The van der Waals surface area contributed by atoms with E-state index in [9.17, 15) is 0 Å². The molecule has 0 amide bonds. The summed E-state index contributed by atoms with van der Waals surface area (Å²) in [7, 11) is 0. The van der Waals surface area contributed by atoms with Gasteiger partial charge in [-0.25, -0.2) is 0 Å². The topological polar surface area (TPSA) is 23.8 Å². The highest BCUT2D eigenvalue weighted by Crippen LogP contribution is 2.49. The normalized spacial score (nSPS) is 33.5. The Balaban J connectivity index is 2.82. The number of nitriles is 1. The lowest BCUT2D eigenvalue weighted by atomic mass is 9.61. The summed E-state index contributed by atoms with van der Waals surface area (Å²) in [5.74, 6) is 0. The molecular weight excluding hydrogens is 194 g/mol. The standard InChI is InChI=1S/C15H27N/c1-13(2)7-6-8-15(5,9-10-16)12-14(3,4)11-13/h6-9,11-12H2,1-5H3. The quantitative estimate of drug-likeness (QED) is 0.616. The molecular formula is C15H27N. The number of rotatable bonds is 1. The first-order valence-corrected chi connectivity index (χ1v) is 6.55. The number of hydrogen-bond donors (Lipinski definition) is 0. The third kappa shape index (κ3) is 3.81. The van der Waals surface area contributed by atoms with Crippen LogP contribution in [0.2, 0.25) is 0 Å². The van der Waals surface area contributed by atoms with Gasteiger partial charge < -0.3 is 0 Å². The maximum Gasteiger partial charge on any atom is 0.0627 e. The van der Waals surface area contributed by atoms with Gasteiger partial charge in [0.1, 0.15) is 0 Å². The third-order valence-corrected chi connectivity index (χ3v) is 4.00. The summed E-state index contributed by atoms with van der Waals surface area (Å²) in [5.41, 5.74) is 1.09. The highest BCUT2D eigenvalue weighted by atomic mass is 14.4. The van der Waals surface area contributed by atoms with Crippen LogP contribution in [0.4, 0.5) is 0 Å². The Labute approximate surface area is 101 Å². The monoisotopic (exact) mass is 221 g/mol. The van der Waals surface area contributed by atoms with Crippen molar-refractivity contribution >= 4 is 0 Å². The predicted molar refractivity (Wildman–Crippen MR) is 69.0 cm³/mol. The average Bonchev–Trinajstić information content (AvgIpc) is 1.97. The van der Waals surface area contributed by atoms with Crippen molar-refractivity contribution in [2.45, 2.75) is 73.1 Å². The van der Waals surface area contributed by atoms with Crippen LogP contribution in [0.1, 0.15) is 73.1 Å². The maximum atomic E-state index is 8.97. The molecule has 92 valence electrons. The SMILES string of the molecule is CC1(C)CCCC(C)(CC#N)CC(C)(C)C1. The van der Waals surface area contributed by atoms with Gasteiger partial charge in [-0.3, -0.25) is 0 Å². The zero-order valence-electron chi connectivity index (χ0n) is 11.7. The fourth-order valence-corrected chi connectivity index (χ4v) is 4.03. The molecule has 0 aromatic heterocycles. The first-order chi connectivity index (χ1) is 7.18. The van der Waals surface area contributed by atoms with Crippen LogP contribution in [0.3, 0.4) is 0 Å². The predicted octanol–water partition coefficient (Wildman–Crippen LogP) is 4.92. The van der Waals surface area contributed by atoms with Crippen LogP contribution in [-0.2, 0) is 0 Å². The molecule has 0 aromatic carbocycles. The summed E-state index contributed by atoms with van der Waals surface area (Å²) in [5, 5.41) is 8.97. The fraction of sp³-hybridized carbons (Fsp3) is 0.933. The molecule has 1 atom stereocenters. The first kappa shape index (κ1) is 13.6. The van der Waals surface area contributed by atoms with E-state index in [4.69, 9.17) is 5.26 Å². The van der Waals surface area contributed by atoms with E-state index in [-0.39, 0.29) is 5.41 Å². The molecule has 1 aliphatic carbocycles. The Morgan fingerprint density at radius 1 is 0.938 bits per heavy atom. The van der Waals surface area contributed by atoms with Crippen molar-refractivity contribution in [2.75, 3.05) is 0 Å². The molecule has 0 bridgehead atoms. The van der Waals surface area contributed by atoms with Gasteiger partial charge in [0, 0.05) is 6.42 Å². The summed E-state index contributed by atoms with van der Waals surface area (Å²) < 4.78 is 0. The van der Waals surface area contributed by atoms with E-state index in [0.29, 0.717) is 10.8 Å². The summed E-state index contributed by atoms with van der Waals surface area (Å²) in [4.78, 5) is 0. The largest absolute Gasteiger partial charge is 0.198 e. The second-order valence-electron chi connectivity index (χ2n) is 7.68. The Morgan fingerprint density at radius 2 is 1.56 bits per heavy atom. The highest BCUT2D eigenvalue weighted by molar-refractivity contribution is 4.93. The van der Waals surface area contributed by atoms with Crippen molar-refractivity contribution in [2.24, 2.45) is 16.2 Å². The zero-order chi connectivity index (χ0) is 12.4. The molecule has 1 rings (SSSR count). The van der Waals surface area contributed by atoms with E-state index < -0.39 is 0 Å². The van der Waals surface area contributed by atoms with E-state index in [1.54, 1.807) is 0 Å². The van der Waals surface area contributed by atoms with Crippen molar-refractivity contribution in [1.29, 1.82) is 5.26 Å². The average molecular weight is 221 g/mol. The lowest BCUT2D eigenvalue weighted by Gasteiger charge is -2.44. The van der Waals surface area contributed by atoms with Crippen LogP contribution in [0.5, 0.6) is 0 Å². The first-order valence-electron chi connectivity index (χ1n) is 6.55. The molecule has 0 radical (unpaired) electrons.